The lowest BCUT2D eigenvalue weighted by molar-refractivity contribution is -0.139. The molecule has 7 nitrogen and oxygen atoms in total. The summed E-state index contributed by atoms with van der Waals surface area (Å²) in [5.74, 6) is 1.75. The van der Waals surface area contributed by atoms with Crippen molar-refractivity contribution in [3.8, 4) is 5.75 Å². The first kappa shape index (κ1) is 16.2. The summed E-state index contributed by atoms with van der Waals surface area (Å²) < 4.78 is 7.71. The number of rotatable bonds is 2. The van der Waals surface area contributed by atoms with Gasteiger partial charge in [0.05, 0.1) is 5.69 Å². The van der Waals surface area contributed by atoms with Crippen LogP contribution < -0.4 is 4.74 Å². The Morgan fingerprint density at radius 3 is 3.07 bits per heavy atom. The molecular weight excluding hydrogens is 342 g/mol. The van der Waals surface area contributed by atoms with Gasteiger partial charge in [0.1, 0.15) is 12.1 Å². The number of hydrogen-bond donors (Lipinski definition) is 0. The normalized spacial score (nSPS) is 21.9. The molecule has 5 rings (SSSR count). The molecule has 1 aromatic carbocycles. The van der Waals surface area contributed by atoms with Crippen molar-refractivity contribution in [1.29, 1.82) is 0 Å². The number of para-hydroxylation sites is 1. The number of hydrogen-bond acceptors (Lipinski definition) is 5. The maximum atomic E-state index is 13.1. The quantitative estimate of drug-likeness (QED) is 0.697. The molecule has 3 aromatic rings. The average molecular weight is 363 g/mol. The van der Waals surface area contributed by atoms with Crippen molar-refractivity contribution < 1.29 is 9.53 Å². The fourth-order valence-corrected chi connectivity index (χ4v) is 4.19. The van der Waals surface area contributed by atoms with Gasteiger partial charge in [0.2, 0.25) is 0 Å². The van der Waals surface area contributed by atoms with Crippen molar-refractivity contribution in [2.45, 2.75) is 38.2 Å². The van der Waals surface area contributed by atoms with Crippen molar-refractivity contribution in [1.82, 2.24) is 24.5 Å². The number of carbonyl (C=O) groups excluding carboxylic acids is 1. The number of amides is 1. The molecule has 0 radical (unpaired) electrons. The minimum absolute atomic E-state index is 0.0801. The van der Waals surface area contributed by atoms with Gasteiger partial charge in [-0.3, -0.25) is 4.79 Å². The van der Waals surface area contributed by atoms with E-state index in [9.17, 15) is 4.79 Å². The van der Waals surface area contributed by atoms with Crippen LogP contribution >= 0.6 is 0 Å². The van der Waals surface area contributed by atoms with E-state index in [-0.39, 0.29) is 11.8 Å². The summed E-state index contributed by atoms with van der Waals surface area (Å²) in [6.07, 6.45) is 3.76. The van der Waals surface area contributed by atoms with Gasteiger partial charge in [-0.05, 0) is 37.5 Å². The Hall–Kier alpha value is -2.96. The highest BCUT2D eigenvalue weighted by Gasteiger charge is 2.35. The monoisotopic (exact) mass is 363 g/mol. The largest absolute Gasteiger partial charge is 0.480 e. The second-order valence-corrected chi connectivity index (χ2v) is 7.34. The Labute approximate surface area is 157 Å². The molecule has 1 amide bonds. The van der Waals surface area contributed by atoms with Gasteiger partial charge in [-0.1, -0.05) is 18.2 Å². The van der Waals surface area contributed by atoms with Gasteiger partial charge in [-0.25, -0.2) is 9.50 Å². The standard InChI is InChI=1S/C20H21N5O2/c1-13-9-16(25-20(23-13)21-12-22-25)15-6-4-8-24(11-15)19(26)18-10-14-5-2-3-7-17(14)27-18/h2-3,5,7,9,12,15,18H,4,6,8,10-11H2,1H3. The van der Waals surface area contributed by atoms with Crippen LogP contribution in [-0.2, 0) is 11.2 Å². The van der Waals surface area contributed by atoms with E-state index in [4.69, 9.17) is 4.74 Å². The zero-order valence-electron chi connectivity index (χ0n) is 15.2. The average Bonchev–Trinajstić information content (AvgIpc) is 3.33. The first-order chi connectivity index (χ1) is 13.2. The van der Waals surface area contributed by atoms with Crippen LogP contribution in [0.4, 0.5) is 0 Å². The smallest absolute Gasteiger partial charge is 0.264 e. The van der Waals surface area contributed by atoms with Crippen LogP contribution in [0.15, 0.2) is 36.7 Å². The van der Waals surface area contributed by atoms with Crippen molar-refractivity contribution in [3.63, 3.8) is 0 Å². The summed E-state index contributed by atoms with van der Waals surface area (Å²) in [6, 6.07) is 9.95. The van der Waals surface area contributed by atoms with E-state index >= 15 is 0 Å². The highest BCUT2D eigenvalue weighted by Crippen LogP contribution is 2.31. The fourth-order valence-electron chi connectivity index (χ4n) is 4.19. The number of piperidine rings is 1. The van der Waals surface area contributed by atoms with E-state index in [2.05, 4.69) is 21.1 Å². The molecule has 7 heteroatoms. The number of benzene rings is 1. The van der Waals surface area contributed by atoms with Gasteiger partial charge in [-0.2, -0.15) is 10.1 Å². The number of likely N-dealkylation sites (tertiary alicyclic amines) is 1. The number of nitrogens with zero attached hydrogens (tertiary/aromatic N) is 5. The lowest BCUT2D eigenvalue weighted by Crippen LogP contribution is -2.46. The molecule has 0 spiro atoms. The van der Waals surface area contributed by atoms with Crippen LogP contribution in [0.3, 0.4) is 0 Å². The molecule has 27 heavy (non-hydrogen) atoms. The third-order valence-corrected chi connectivity index (χ3v) is 5.48. The van der Waals surface area contributed by atoms with Gasteiger partial charge in [0.15, 0.2) is 6.10 Å². The minimum Gasteiger partial charge on any atom is -0.480 e. The Balaban J connectivity index is 1.37. The second-order valence-electron chi connectivity index (χ2n) is 7.34. The summed E-state index contributed by atoms with van der Waals surface area (Å²) in [7, 11) is 0. The topological polar surface area (TPSA) is 72.6 Å². The molecule has 138 valence electrons. The van der Waals surface area contributed by atoms with Crippen LogP contribution in [0, 0.1) is 6.92 Å². The van der Waals surface area contributed by atoms with E-state index in [1.54, 1.807) is 4.52 Å². The maximum Gasteiger partial charge on any atom is 0.264 e. The molecule has 4 heterocycles. The van der Waals surface area contributed by atoms with Gasteiger partial charge in [0, 0.05) is 31.1 Å². The molecule has 1 saturated heterocycles. The zero-order valence-corrected chi connectivity index (χ0v) is 15.2. The molecule has 0 N–H and O–H groups in total. The number of carbonyl (C=O) groups is 1. The Morgan fingerprint density at radius 2 is 2.19 bits per heavy atom. The lowest BCUT2D eigenvalue weighted by atomic mass is 9.93. The summed E-state index contributed by atoms with van der Waals surface area (Å²) in [5.41, 5.74) is 3.10. The summed E-state index contributed by atoms with van der Waals surface area (Å²) in [6.45, 7) is 3.41. The van der Waals surface area contributed by atoms with Crippen molar-refractivity contribution in [3.05, 3.63) is 53.6 Å². The van der Waals surface area contributed by atoms with Crippen molar-refractivity contribution in [2.24, 2.45) is 0 Å². The van der Waals surface area contributed by atoms with E-state index in [0.29, 0.717) is 18.7 Å². The third kappa shape index (κ3) is 2.83. The predicted molar refractivity (Wildman–Crippen MR) is 98.6 cm³/mol. The van der Waals surface area contributed by atoms with Crippen molar-refractivity contribution >= 4 is 11.7 Å². The fraction of sp³-hybridized carbons (Fsp3) is 0.400. The lowest BCUT2D eigenvalue weighted by Gasteiger charge is -2.34. The van der Waals surface area contributed by atoms with Crippen LogP contribution in [-0.4, -0.2) is 49.6 Å². The van der Waals surface area contributed by atoms with Crippen LogP contribution in [0.2, 0.25) is 0 Å². The number of aromatic nitrogens is 4. The van der Waals surface area contributed by atoms with Gasteiger partial charge < -0.3 is 9.64 Å². The maximum absolute atomic E-state index is 13.1. The van der Waals surface area contributed by atoms with Gasteiger partial charge >= 0.3 is 0 Å². The zero-order chi connectivity index (χ0) is 18.4. The van der Waals surface area contributed by atoms with Crippen LogP contribution in [0.5, 0.6) is 5.75 Å². The van der Waals surface area contributed by atoms with Crippen LogP contribution in [0.1, 0.15) is 35.7 Å². The Kier molecular flexibility index (Phi) is 3.81. The molecule has 2 aliphatic rings. The van der Waals surface area contributed by atoms with E-state index in [1.165, 1.54) is 6.33 Å². The minimum atomic E-state index is -0.410. The number of aryl methyl sites for hydroxylation is 1. The molecule has 2 atom stereocenters. The van der Waals surface area contributed by atoms with Crippen LogP contribution in [0.25, 0.3) is 5.78 Å². The third-order valence-electron chi connectivity index (χ3n) is 5.48. The molecule has 1 fully saturated rings. The Bertz CT molecular complexity index is 990. The molecule has 2 unspecified atom stereocenters. The number of fused-ring (bicyclic) bond motifs is 2. The first-order valence-corrected chi connectivity index (χ1v) is 9.39. The first-order valence-electron chi connectivity index (χ1n) is 9.39. The van der Waals surface area contributed by atoms with E-state index in [0.717, 1.165) is 42.1 Å². The van der Waals surface area contributed by atoms with Gasteiger partial charge in [-0.15, -0.1) is 0 Å². The highest BCUT2D eigenvalue weighted by atomic mass is 16.5. The summed E-state index contributed by atoms with van der Waals surface area (Å²) >= 11 is 0. The van der Waals surface area contributed by atoms with Crippen molar-refractivity contribution in [2.75, 3.05) is 13.1 Å². The summed E-state index contributed by atoms with van der Waals surface area (Å²) in [4.78, 5) is 23.7. The van der Waals surface area contributed by atoms with Gasteiger partial charge in [0.25, 0.3) is 11.7 Å². The predicted octanol–water partition coefficient (Wildman–Crippen LogP) is 2.14. The number of ether oxygens (including phenoxy) is 1. The molecule has 0 bridgehead atoms. The second kappa shape index (κ2) is 6.33. The highest BCUT2D eigenvalue weighted by molar-refractivity contribution is 5.82. The molecule has 0 saturated carbocycles. The molecule has 2 aromatic heterocycles. The summed E-state index contributed by atoms with van der Waals surface area (Å²) in [5, 5.41) is 4.32. The molecule has 2 aliphatic heterocycles. The SMILES string of the molecule is Cc1cc(C2CCCN(C(=O)C3Cc4ccccc4O3)C2)n2ncnc2n1. The van der Waals surface area contributed by atoms with E-state index < -0.39 is 6.10 Å². The molecular formula is C20H21N5O2. The van der Waals surface area contributed by atoms with E-state index in [1.807, 2.05) is 36.1 Å². The Morgan fingerprint density at radius 1 is 1.30 bits per heavy atom. The molecule has 0 aliphatic carbocycles.